The number of anilines is 1. The first kappa shape index (κ1) is 18.9. The fourth-order valence-electron chi connectivity index (χ4n) is 2.88. The summed E-state index contributed by atoms with van der Waals surface area (Å²) in [6.07, 6.45) is -2.84. The Morgan fingerprint density at radius 2 is 2.19 bits per heavy atom. The minimum atomic E-state index is -4.58. The molecule has 2 aromatic heterocycles. The molecule has 0 saturated carbocycles. The molecule has 0 bridgehead atoms. The number of carbonyl (C=O) groups is 1. The van der Waals surface area contributed by atoms with E-state index in [0.717, 1.165) is 6.20 Å². The van der Waals surface area contributed by atoms with Crippen molar-refractivity contribution in [1.82, 2.24) is 15.0 Å². The van der Waals surface area contributed by atoms with Crippen LogP contribution in [0.2, 0.25) is 0 Å². The van der Waals surface area contributed by atoms with Crippen molar-refractivity contribution in [2.24, 2.45) is 5.92 Å². The van der Waals surface area contributed by atoms with Crippen molar-refractivity contribution in [3.63, 3.8) is 0 Å². The summed E-state index contributed by atoms with van der Waals surface area (Å²) in [7, 11) is 0. The molecule has 0 radical (unpaired) electrons. The maximum absolute atomic E-state index is 13.0. The molecule has 1 atom stereocenters. The van der Waals surface area contributed by atoms with E-state index in [2.05, 4.69) is 15.0 Å². The third kappa shape index (κ3) is 4.44. The molecule has 7 nitrogen and oxygen atoms in total. The van der Waals surface area contributed by atoms with Crippen molar-refractivity contribution in [3.05, 3.63) is 41.5 Å². The number of alkyl halides is 3. The Labute approximate surface area is 152 Å². The summed E-state index contributed by atoms with van der Waals surface area (Å²) < 4.78 is 44.2. The number of aromatic nitrogens is 3. The number of nitrogens with zero attached hydrogens (tertiary/aromatic N) is 4. The Kier molecular flexibility index (Phi) is 5.15. The van der Waals surface area contributed by atoms with Gasteiger partial charge in [-0.15, -0.1) is 0 Å². The van der Waals surface area contributed by atoms with Crippen LogP contribution in [0.15, 0.2) is 24.4 Å². The number of carboxylic acids is 1. The van der Waals surface area contributed by atoms with Crippen LogP contribution in [-0.2, 0) is 6.18 Å². The summed E-state index contributed by atoms with van der Waals surface area (Å²) in [5, 5.41) is 9.10. The first-order valence-electron chi connectivity index (χ1n) is 8.23. The van der Waals surface area contributed by atoms with Crippen molar-refractivity contribution in [1.29, 1.82) is 0 Å². The van der Waals surface area contributed by atoms with Crippen LogP contribution in [0.3, 0.4) is 0 Å². The zero-order chi connectivity index (χ0) is 19.6. The SMILES string of the molecule is Cc1cc(C(=O)O)nc(N2CC[C@H](COc3cccnc3C(F)(F)F)C2)n1. The monoisotopic (exact) mass is 382 g/mol. The molecule has 144 valence electrons. The van der Waals surface area contributed by atoms with Gasteiger partial charge in [-0.25, -0.2) is 19.7 Å². The average molecular weight is 382 g/mol. The third-order valence-electron chi connectivity index (χ3n) is 4.14. The fraction of sp³-hybridized carbons (Fsp3) is 0.412. The van der Waals surface area contributed by atoms with Gasteiger partial charge in [-0.1, -0.05) is 0 Å². The Morgan fingerprint density at radius 1 is 1.41 bits per heavy atom. The summed E-state index contributed by atoms with van der Waals surface area (Å²) in [4.78, 5) is 24.6. The minimum Gasteiger partial charge on any atom is -0.491 e. The number of pyridine rings is 1. The second kappa shape index (κ2) is 7.37. The van der Waals surface area contributed by atoms with E-state index in [-0.39, 0.29) is 24.0 Å². The Bertz CT molecular complexity index is 844. The van der Waals surface area contributed by atoms with Crippen molar-refractivity contribution in [3.8, 4) is 5.75 Å². The molecule has 2 aromatic rings. The van der Waals surface area contributed by atoms with Crippen LogP contribution in [0.25, 0.3) is 0 Å². The molecule has 0 aromatic carbocycles. The lowest BCUT2D eigenvalue weighted by Crippen LogP contribution is -2.25. The van der Waals surface area contributed by atoms with Gasteiger partial charge < -0.3 is 14.7 Å². The second-order valence-electron chi connectivity index (χ2n) is 6.26. The number of hydrogen-bond donors (Lipinski definition) is 1. The highest BCUT2D eigenvalue weighted by molar-refractivity contribution is 5.85. The Balaban J connectivity index is 1.66. The molecular formula is C17H17F3N4O3. The van der Waals surface area contributed by atoms with E-state index < -0.39 is 17.8 Å². The van der Waals surface area contributed by atoms with Crippen molar-refractivity contribution < 1.29 is 27.8 Å². The van der Waals surface area contributed by atoms with Crippen molar-refractivity contribution in [2.75, 3.05) is 24.6 Å². The lowest BCUT2D eigenvalue weighted by Gasteiger charge is -2.18. The van der Waals surface area contributed by atoms with E-state index in [4.69, 9.17) is 9.84 Å². The molecule has 0 amide bonds. The van der Waals surface area contributed by atoms with Gasteiger partial charge in [-0.3, -0.25) is 0 Å². The molecule has 1 N–H and O–H groups in total. The summed E-state index contributed by atoms with van der Waals surface area (Å²) >= 11 is 0. The van der Waals surface area contributed by atoms with Crippen LogP contribution < -0.4 is 9.64 Å². The minimum absolute atomic E-state index is 0.0383. The maximum atomic E-state index is 13.0. The van der Waals surface area contributed by atoms with Crippen LogP contribution in [0.5, 0.6) is 5.75 Å². The quantitative estimate of drug-likeness (QED) is 0.851. The second-order valence-corrected chi connectivity index (χ2v) is 6.26. The molecule has 1 aliphatic heterocycles. The van der Waals surface area contributed by atoms with Gasteiger partial charge in [0.05, 0.1) is 6.61 Å². The van der Waals surface area contributed by atoms with Gasteiger partial charge >= 0.3 is 12.1 Å². The maximum Gasteiger partial charge on any atom is 0.437 e. The average Bonchev–Trinajstić information content (AvgIpc) is 3.08. The van der Waals surface area contributed by atoms with E-state index in [9.17, 15) is 18.0 Å². The van der Waals surface area contributed by atoms with E-state index in [0.29, 0.717) is 31.2 Å². The summed E-state index contributed by atoms with van der Waals surface area (Å²) in [6.45, 7) is 2.79. The van der Waals surface area contributed by atoms with E-state index in [1.165, 1.54) is 18.2 Å². The molecule has 27 heavy (non-hydrogen) atoms. The first-order valence-corrected chi connectivity index (χ1v) is 8.23. The van der Waals surface area contributed by atoms with Gasteiger partial charge in [0.1, 0.15) is 5.75 Å². The lowest BCUT2D eigenvalue weighted by molar-refractivity contribution is -0.142. The largest absolute Gasteiger partial charge is 0.491 e. The van der Waals surface area contributed by atoms with Crippen molar-refractivity contribution in [2.45, 2.75) is 19.5 Å². The molecule has 0 aliphatic carbocycles. The molecule has 3 rings (SSSR count). The number of ether oxygens (including phenoxy) is 1. The molecule has 1 fully saturated rings. The summed E-state index contributed by atoms with van der Waals surface area (Å²) in [5.74, 6) is -1.18. The molecule has 1 aliphatic rings. The zero-order valence-electron chi connectivity index (χ0n) is 14.4. The van der Waals surface area contributed by atoms with Crippen LogP contribution >= 0.6 is 0 Å². The standard InChI is InChI=1S/C17H17F3N4O3/c1-10-7-12(15(25)26)23-16(22-10)24-6-4-11(8-24)9-27-13-3-2-5-21-14(13)17(18,19)20/h2-3,5,7,11H,4,6,8-9H2,1H3,(H,25,26)/t11-/m0/s1. The number of halogens is 3. The number of carboxylic acid groups (broad SMARTS) is 1. The number of hydrogen-bond acceptors (Lipinski definition) is 6. The van der Waals surface area contributed by atoms with Gasteiger partial charge in [-0.2, -0.15) is 13.2 Å². The smallest absolute Gasteiger partial charge is 0.437 e. The zero-order valence-corrected chi connectivity index (χ0v) is 14.4. The van der Waals surface area contributed by atoms with E-state index in [1.54, 1.807) is 11.8 Å². The van der Waals surface area contributed by atoms with Crippen LogP contribution in [0.1, 0.15) is 28.3 Å². The molecule has 0 spiro atoms. The van der Waals surface area contributed by atoms with Crippen molar-refractivity contribution >= 4 is 11.9 Å². The topological polar surface area (TPSA) is 88.4 Å². The molecule has 10 heteroatoms. The normalized spacial score (nSPS) is 17.2. The predicted octanol–water partition coefficient (Wildman–Crippen LogP) is 2.80. The van der Waals surface area contributed by atoms with Gasteiger partial charge in [0.2, 0.25) is 5.95 Å². The number of rotatable bonds is 5. The third-order valence-corrected chi connectivity index (χ3v) is 4.14. The molecule has 0 unspecified atom stereocenters. The highest BCUT2D eigenvalue weighted by Gasteiger charge is 2.36. The van der Waals surface area contributed by atoms with Crippen LogP contribution in [0, 0.1) is 12.8 Å². The summed E-state index contributed by atoms with van der Waals surface area (Å²) in [6, 6.07) is 4.01. The number of aryl methyl sites for hydroxylation is 1. The highest BCUT2D eigenvalue weighted by Crippen LogP contribution is 2.34. The Hall–Kier alpha value is -2.91. The van der Waals surface area contributed by atoms with Gasteiger partial charge in [0.15, 0.2) is 11.4 Å². The molecular weight excluding hydrogens is 365 g/mol. The van der Waals surface area contributed by atoms with E-state index >= 15 is 0 Å². The summed E-state index contributed by atoms with van der Waals surface area (Å²) in [5.41, 5.74) is -0.613. The van der Waals surface area contributed by atoms with Gasteiger partial charge in [-0.05, 0) is 31.5 Å². The highest BCUT2D eigenvalue weighted by atomic mass is 19.4. The van der Waals surface area contributed by atoms with E-state index in [1.807, 2.05) is 0 Å². The fourth-order valence-corrected chi connectivity index (χ4v) is 2.88. The molecule has 3 heterocycles. The number of aromatic carboxylic acids is 1. The molecule has 1 saturated heterocycles. The predicted molar refractivity (Wildman–Crippen MR) is 88.8 cm³/mol. The van der Waals surface area contributed by atoms with Crippen LogP contribution in [-0.4, -0.2) is 45.7 Å². The van der Waals surface area contributed by atoms with Gasteiger partial charge in [0.25, 0.3) is 0 Å². The lowest BCUT2D eigenvalue weighted by atomic mass is 10.1. The van der Waals surface area contributed by atoms with Gasteiger partial charge in [0, 0.05) is 30.9 Å². The first-order chi connectivity index (χ1) is 12.7. The Morgan fingerprint density at radius 3 is 2.89 bits per heavy atom. The van der Waals surface area contributed by atoms with Crippen LogP contribution in [0.4, 0.5) is 19.1 Å².